The first-order valence-electron chi connectivity index (χ1n) is 8.24. The van der Waals surface area contributed by atoms with E-state index in [1.807, 2.05) is 6.07 Å². The normalized spacial score (nSPS) is 15.5. The molecular weight excluding hydrogens is 316 g/mol. The standard InChI is InChI=1S/C19H20N4O2/c1-2-8-23-9-6-14(7-10-23)19(25)22-16-12-20-18(21-13-16)15-4-3-5-17(24)11-15/h1,3-5,11-14,24H,6-10H2,(H,22,25). The molecule has 1 aliphatic rings. The van der Waals surface area contributed by atoms with E-state index >= 15 is 0 Å². The Morgan fingerprint density at radius 3 is 2.68 bits per heavy atom. The van der Waals surface area contributed by atoms with E-state index in [0.29, 0.717) is 18.1 Å². The van der Waals surface area contributed by atoms with Gasteiger partial charge in [-0.05, 0) is 38.1 Å². The molecule has 0 spiro atoms. The highest BCUT2D eigenvalue weighted by Gasteiger charge is 2.24. The lowest BCUT2D eigenvalue weighted by Gasteiger charge is -2.29. The summed E-state index contributed by atoms with van der Waals surface area (Å²) in [6.45, 7) is 2.32. The Labute approximate surface area is 146 Å². The van der Waals surface area contributed by atoms with Crippen molar-refractivity contribution in [2.24, 2.45) is 5.92 Å². The number of aromatic hydroxyl groups is 1. The number of rotatable bonds is 4. The minimum atomic E-state index is -0.0141. The number of hydrogen-bond donors (Lipinski definition) is 2. The topological polar surface area (TPSA) is 78.4 Å². The molecule has 2 aromatic rings. The second-order valence-corrected chi connectivity index (χ2v) is 6.09. The number of amides is 1. The number of nitrogens with zero attached hydrogens (tertiary/aromatic N) is 3. The highest BCUT2D eigenvalue weighted by atomic mass is 16.3. The molecule has 1 aromatic heterocycles. The largest absolute Gasteiger partial charge is 0.508 e. The molecule has 0 aliphatic carbocycles. The first-order chi connectivity index (χ1) is 12.2. The summed E-state index contributed by atoms with van der Waals surface area (Å²) in [5.74, 6) is 3.28. The zero-order chi connectivity index (χ0) is 17.6. The quantitative estimate of drug-likeness (QED) is 0.836. The maximum atomic E-state index is 12.4. The minimum Gasteiger partial charge on any atom is -0.508 e. The van der Waals surface area contributed by atoms with E-state index in [2.05, 4.69) is 26.1 Å². The van der Waals surface area contributed by atoms with Gasteiger partial charge >= 0.3 is 0 Å². The van der Waals surface area contributed by atoms with Crippen LogP contribution in [0.2, 0.25) is 0 Å². The summed E-state index contributed by atoms with van der Waals surface area (Å²) in [7, 11) is 0. The lowest BCUT2D eigenvalue weighted by atomic mass is 9.96. The molecule has 1 saturated heterocycles. The number of terminal acetylenes is 1. The predicted octanol–water partition coefficient (Wildman–Crippen LogP) is 2.13. The van der Waals surface area contributed by atoms with Crippen LogP contribution in [-0.4, -0.2) is 45.5 Å². The van der Waals surface area contributed by atoms with Crippen molar-refractivity contribution in [1.29, 1.82) is 0 Å². The molecule has 0 bridgehead atoms. The van der Waals surface area contributed by atoms with Crippen LogP contribution in [-0.2, 0) is 4.79 Å². The second kappa shape index (κ2) is 7.77. The maximum absolute atomic E-state index is 12.4. The number of phenols is 1. The van der Waals surface area contributed by atoms with Gasteiger partial charge in [-0.3, -0.25) is 9.69 Å². The summed E-state index contributed by atoms with van der Waals surface area (Å²) in [5.41, 5.74) is 1.29. The van der Waals surface area contributed by atoms with Crippen molar-refractivity contribution in [1.82, 2.24) is 14.9 Å². The van der Waals surface area contributed by atoms with Crippen LogP contribution >= 0.6 is 0 Å². The van der Waals surface area contributed by atoms with Crippen molar-refractivity contribution in [2.45, 2.75) is 12.8 Å². The van der Waals surface area contributed by atoms with Crippen molar-refractivity contribution in [3.8, 4) is 29.5 Å². The summed E-state index contributed by atoms with van der Waals surface area (Å²) in [5, 5.41) is 12.4. The first-order valence-corrected chi connectivity index (χ1v) is 8.24. The zero-order valence-corrected chi connectivity index (χ0v) is 13.9. The third-order valence-electron chi connectivity index (χ3n) is 4.30. The van der Waals surface area contributed by atoms with Gasteiger partial charge in [0.25, 0.3) is 0 Å². The Morgan fingerprint density at radius 2 is 2.04 bits per heavy atom. The Hall–Kier alpha value is -2.91. The molecule has 0 radical (unpaired) electrons. The average molecular weight is 336 g/mol. The van der Waals surface area contributed by atoms with E-state index in [-0.39, 0.29) is 17.6 Å². The van der Waals surface area contributed by atoms with Crippen molar-refractivity contribution >= 4 is 11.6 Å². The summed E-state index contributed by atoms with van der Waals surface area (Å²) >= 11 is 0. The maximum Gasteiger partial charge on any atom is 0.227 e. The fourth-order valence-electron chi connectivity index (χ4n) is 2.91. The number of benzene rings is 1. The predicted molar refractivity (Wildman–Crippen MR) is 95.8 cm³/mol. The van der Waals surface area contributed by atoms with Gasteiger partial charge in [0.15, 0.2) is 5.82 Å². The SMILES string of the molecule is C#CCN1CCC(C(=O)Nc2cnc(-c3cccc(O)c3)nc2)CC1. The summed E-state index contributed by atoms with van der Waals surface area (Å²) in [6.07, 6.45) is 10.1. The molecule has 1 fully saturated rings. The van der Waals surface area contributed by atoms with Gasteiger partial charge in [-0.15, -0.1) is 6.42 Å². The van der Waals surface area contributed by atoms with Gasteiger partial charge in [-0.25, -0.2) is 9.97 Å². The highest BCUT2D eigenvalue weighted by molar-refractivity contribution is 5.92. The van der Waals surface area contributed by atoms with Crippen LogP contribution in [0, 0.1) is 18.3 Å². The Morgan fingerprint density at radius 1 is 1.32 bits per heavy atom. The number of carbonyl (C=O) groups is 1. The number of phenolic OH excluding ortho intramolecular Hbond substituents is 1. The average Bonchev–Trinajstić information content (AvgIpc) is 2.63. The summed E-state index contributed by atoms with van der Waals surface area (Å²) in [4.78, 5) is 23.1. The Bertz CT molecular complexity index is 775. The molecule has 0 unspecified atom stereocenters. The van der Waals surface area contributed by atoms with Gasteiger partial charge in [0.2, 0.25) is 5.91 Å². The van der Waals surface area contributed by atoms with E-state index in [4.69, 9.17) is 6.42 Å². The molecule has 1 amide bonds. The molecule has 1 aromatic carbocycles. The van der Waals surface area contributed by atoms with Crippen LogP contribution in [0.5, 0.6) is 5.75 Å². The molecule has 1 aliphatic heterocycles. The molecule has 0 saturated carbocycles. The number of hydrogen-bond acceptors (Lipinski definition) is 5. The van der Waals surface area contributed by atoms with Gasteiger partial charge in [-0.1, -0.05) is 18.1 Å². The lowest BCUT2D eigenvalue weighted by molar-refractivity contribution is -0.121. The van der Waals surface area contributed by atoms with Crippen LogP contribution in [0.25, 0.3) is 11.4 Å². The van der Waals surface area contributed by atoms with Crippen LogP contribution in [0.4, 0.5) is 5.69 Å². The van der Waals surface area contributed by atoms with Crippen molar-refractivity contribution < 1.29 is 9.90 Å². The fraction of sp³-hybridized carbons (Fsp3) is 0.316. The number of anilines is 1. The first kappa shape index (κ1) is 16.9. The molecule has 3 rings (SSSR count). The monoisotopic (exact) mass is 336 g/mol. The highest BCUT2D eigenvalue weighted by Crippen LogP contribution is 2.21. The third kappa shape index (κ3) is 4.34. The molecular formula is C19H20N4O2. The van der Waals surface area contributed by atoms with Crippen LogP contribution in [0.1, 0.15) is 12.8 Å². The van der Waals surface area contributed by atoms with Gasteiger partial charge < -0.3 is 10.4 Å². The van der Waals surface area contributed by atoms with Crippen molar-refractivity contribution in [3.63, 3.8) is 0 Å². The van der Waals surface area contributed by atoms with Crippen LogP contribution < -0.4 is 5.32 Å². The smallest absolute Gasteiger partial charge is 0.227 e. The van der Waals surface area contributed by atoms with Crippen LogP contribution in [0.3, 0.4) is 0 Å². The number of piperidine rings is 1. The van der Waals surface area contributed by atoms with E-state index in [9.17, 15) is 9.90 Å². The summed E-state index contributed by atoms with van der Waals surface area (Å²) < 4.78 is 0. The van der Waals surface area contributed by atoms with Crippen LogP contribution in [0.15, 0.2) is 36.7 Å². The summed E-state index contributed by atoms with van der Waals surface area (Å²) in [6, 6.07) is 6.73. The van der Waals surface area contributed by atoms with Crippen molar-refractivity contribution in [3.05, 3.63) is 36.7 Å². The molecule has 6 nitrogen and oxygen atoms in total. The minimum absolute atomic E-state index is 0.00550. The second-order valence-electron chi connectivity index (χ2n) is 6.09. The molecule has 25 heavy (non-hydrogen) atoms. The van der Waals surface area contributed by atoms with Gasteiger partial charge in [0.1, 0.15) is 5.75 Å². The van der Waals surface area contributed by atoms with Gasteiger partial charge in [0.05, 0.1) is 24.6 Å². The molecule has 6 heteroatoms. The number of aromatic nitrogens is 2. The van der Waals surface area contributed by atoms with E-state index < -0.39 is 0 Å². The number of carbonyl (C=O) groups excluding carboxylic acids is 1. The Kier molecular flexibility index (Phi) is 5.26. The van der Waals surface area contributed by atoms with E-state index in [1.54, 1.807) is 30.6 Å². The van der Waals surface area contributed by atoms with Gasteiger partial charge in [0, 0.05) is 11.5 Å². The molecule has 128 valence electrons. The van der Waals surface area contributed by atoms with E-state index in [1.165, 1.54) is 0 Å². The molecule has 0 atom stereocenters. The fourth-order valence-corrected chi connectivity index (χ4v) is 2.91. The Balaban J connectivity index is 1.58. The number of likely N-dealkylation sites (tertiary alicyclic amines) is 1. The van der Waals surface area contributed by atoms with E-state index in [0.717, 1.165) is 31.5 Å². The lowest BCUT2D eigenvalue weighted by Crippen LogP contribution is -2.38. The number of nitrogens with one attached hydrogen (secondary N) is 1. The van der Waals surface area contributed by atoms with Gasteiger partial charge in [-0.2, -0.15) is 0 Å². The zero-order valence-electron chi connectivity index (χ0n) is 13.9. The molecule has 2 N–H and O–H groups in total. The third-order valence-corrected chi connectivity index (χ3v) is 4.30. The molecule has 2 heterocycles. The van der Waals surface area contributed by atoms with Crippen molar-refractivity contribution in [2.75, 3.05) is 25.0 Å².